The molecule has 1 aliphatic rings. The summed E-state index contributed by atoms with van der Waals surface area (Å²) in [5, 5.41) is 0. The molecule has 5 N–H and O–H groups in total. The van der Waals surface area contributed by atoms with Gasteiger partial charge in [-0.1, -0.05) is 0 Å². The quantitative estimate of drug-likeness (QED) is 0.661. The molecule has 76 valence electrons. The second-order valence-corrected chi connectivity index (χ2v) is 4.38. The molecule has 0 saturated heterocycles. The van der Waals surface area contributed by atoms with Crippen LogP contribution >= 0.6 is 15.9 Å². The Labute approximate surface area is 90.6 Å². The molecule has 0 aliphatic heterocycles. The highest BCUT2D eigenvalue weighted by Crippen LogP contribution is 2.38. The summed E-state index contributed by atoms with van der Waals surface area (Å²) in [7, 11) is 0. The zero-order chi connectivity index (χ0) is 10.0. The lowest BCUT2D eigenvalue weighted by molar-refractivity contribution is -0.463. The second-order valence-electron chi connectivity index (χ2n) is 3.46. The highest BCUT2D eigenvalue weighted by Gasteiger charge is 2.41. The van der Waals surface area contributed by atoms with Crippen molar-refractivity contribution < 1.29 is 5.84 Å². The van der Waals surface area contributed by atoms with Crippen LogP contribution in [-0.2, 0) is 5.54 Å². The first-order valence-electron chi connectivity index (χ1n) is 4.54. The van der Waals surface area contributed by atoms with E-state index in [1.807, 2.05) is 0 Å². The maximum absolute atomic E-state index is 4.30. The van der Waals surface area contributed by atoms with Crippen LogP contribution in [0.2, 0.25) is 0 Å². The smallest absolute Gasteiger partial charge is 0.149 e. The van der Waals surface area contributed by atoms with Crippen molar-refractivity contribution in [2.45, 2.75) is 24.8 Å². The molecule has 0 atom stereocenters. The largest absolute Gasteiger partial charge is 0.266 e. The van der Waals surface area contributed by atoms with Crippen molar-refractivity contribution in [1.82, 2.24) is 20.9 Å². The zero-order valence-electron chi connectivity index (χ0n) is 7.76. The molecule has 0 amide bonds. The normalized spacial score (nSPS) is 19.0. The number of hydrazine groups is 1. The summed E-state index contributed by atoms with van der Waals surface area (Å²) >= 11 is 3.32. The summed E-state index contributed by atoms with van der Waals surface area (Å²) in [5.41, 5.74) is 5.75. The first-order valence-corrected chi connectivity index (χ1v) is 5.33. The lowest BCUT2D eigenvalue weighted by atomic mass is 9.76. The van der Waals surface area contributed by atoms with Crippen molar-refractivity contribution in [3.63, 3.8) is 0 Å². The third-order valence-electron chi connectivity index (χ3n) is 2.58. The Balaban J connectivity index is 2.23. The van der Waals surface area contributed by atoms with Gasteiger partial charge in [0.05, 0.1) is 10.0 Å². The first-order chi connectivity index (χ1) is 6.77. The minimum Gasteiger partial charge on any atom is -0.266 e. The maximum atomic E-state index is 4.30. The highest BCUT2D eigenvalue weighted by molar-refractivity contribution is 9.10. The van der Waals surface area contributed by atoms with Gasteiger partial charge in [0.25, 0.3) is 0 Å². The summed E-state index contributed by atoms with van der Waals surface area (Å²) in [6.45, 7) is 0. The van der Waals surface area contributed by atoms with Crippen molar-refractivity contribution in [1.29, 1.82) is 0 Å². The fourth-order valence-corrected chi connectivity index (χ4v) is 1.87. The predicted molar refractivity (Wildman–Crippen MR) is 54.4 cm³/mol. The maximum Gasteiger partial charge on any atom is 0.149 e. The topological polar surface area (TPSA) is 77.5 Å². The minimum atomic E-state index is -0.109. The molecule has 1 aromatic rings. The lowest BCUT2D eigenvalue weighted by Gasteiger charge is -2.39. The van der Waals surface area contributed by atoms with Gasteiger partial charge in [-0.05, 0) is 35.2 Å². The van der Waals surface area contributed by atoms with Crippen LogP contribution in [0.15, 0.2) is 16.9 Å². The molecule has 0 unspecified atom stereocenters. The SMILES string of the molecule is [NH3+]NNC1(c2ncc(Br)cn2)CCC1. The Hall–Kier alpha value is -0.560. The molecule has 1 aliphatic carbocycles. The molecule has 1 fully saturated rings. The van der Waals surface area contributed by atoms with Gasteiger partial charge >= 0.3 is 0 Å². The van der Waals surface area contributed by atoms with Crippen LogP contribution in [0.25, 0.3) is 0 Å². The molecule has 0 bridgehead atoms. The van der Waals surface area contributed by atoms with Gasteiger partial charge in [0.1, 0.15) is 5.82 Å². The Morgan fingerprint density at radius 2 is 2.00 bits per heavy atom. The molecular formula is C8H13BrN5+. The summed E-state index contributed by atoms with van der Waals surface area (Å²) in [6.07, 6.45) is 6.85. The van der Waals surface area contributed by atoms with Gasteiger partial charge in [0, 0.05) is 12.4 Å². The Morgan fingerprint density at radius 1 is 1.36 bits per heavy atom. The number of quaternary nitrogens is 1. The van der Waals surface area contributed by atoms with Gasteiger partial charge in [0.15, 0.2) is 0 Å². The molecule has 1 heterocycles. The molecule has 6 heteroatoms. The van der Waals surface area contributed by atoms with Crippen molar-refractivity contribution in [2.75, 3.05) is 0 Å². The number of rotatable bonds is 3. The second kappa shape index (κ2) is 3.90. The van der Waals surface area contributed by atoms with Crippen LogP contribution in [0, 0.1) is 0 Å². The number of nitrogens with one attached hydrogen (secondary N) is 2. The fourth-order valence-electron chi connectivity index (χ4n) is 1.66. The molecule has 0 spiro atoms. The van der Waals surface area contributed by atoms with E-state index >= 15 is 0 Å². The van der Waals surface area contributed by atoms with Crippen molar-refractivity contribution in [3.8, 4) is 0 Å². The third-order valence-corrected chi connectivity index (χ3v) is 2.99. The van der Waals surface area contributed by atoms with E-state index in [0.29, 0.717) is 0 Å². The molecular weight excluding hydrogens is 246 g/mol. The van der Waals surface area contributed by atoms with Gasteiger partial charge in [-0.25, -0.2) is 9.97 Å². The number of aromatic nitrogens is 2. The monoisotopic (exact) mass is 258 g/mol. The van der Waals surface area contributed by atoms with Crippen molar-refractivity contribution >= 4 is 15.9 Å². The summed E-state index contributed by atoms with van der Waals surface area (Å²) in [5.74, 6) is 4.41. The molecule has 1 saturated carbocycles. The van der Waals surface area contributed by atoms with Crippen LogP contribution in [0.3, 0.4) is 0 Å². The fraction of sp³-hybridized carbons (Fsp3) is 0.500. The van der Waals surface area contributed by atoms with Crippen LogP contribution in [-0.4, -0.2) is 9.97 Å². The van der Waals surface area contributed by atoms with E-state index in [-0.39, 0.29) is 5.54 Å². The summed E-state index contributed by atoms with van der Waals surface area (Å²) in [4.78, 5) is 8.61. The van der Waals surface area contributed by atoms with Crippen LogP contribution in [0.5, 0.6) is 0 Å². The minimum absolute atomic E-state index is 0.109. The number of hydrogen-bond acceptors (Lipinski definition) is 4. The zero-order valence-corrected chi connectivity index (χ0v) is 9.34. The van der Waals surface area contributed by atoms with E-state index < -0.39 is 0 Å². The predicted octanol–water partition coefficient (Wildman–Crippen LogP) is -0.131. The van der Waals surface area contributed by atoms with E-state index in [1.54, 1.807) is 12.4 Å². The van der Waals surface area contributed by atoms with Crippen LogP contribution < -0.4 is 16.8 Å². The summed E-state index contributed by atoms with van der Waals surface area (Å²) < 4.78 is 0.901. The van der Waals surface area contributed by atoms with E-state index in [2.05, 4.69) is 42.7 Å². The van der Waals surface area contributed by atoms with E-state index in [1.165, 1.54) is 6.42 Å². The van der Waals surface area contributed by atoms with Gasteiger partial charge in [-0.2, -0.15) is 5.43 Å². The molecule has 1 aromatic heterocycles. The molecule has 14 heavy (non-hydrogen) atoms. The molecule has 2 rings (SSSR count). The van der Waals surface area contributed by atoms with Gasteiger partial charge < -0.3 is 0 Å². The summed E-state index contributed by atoms with van der Waals surface area (Å²) in [6, 6.07) is 0. The first kappa shape index (κ1) is 9.97. The van der Waals surface area contributed by atoms with E-state index in [4.69, 9.17) is 0 Å². The van der Waals surface area contributed by atoms with Gasteiger partial charge in [-0.15, -0.1) is 5.53 Å². The number of hydrogen-bond donors (Lipinski definition) is 3. The van der Waals surface area contributed by atoms with Crippen molar-refractivity contribution in [3.05, 3.63) is 22.7 Å². The van der Waals surface area contributed by atoms with E-state index in [9.17, 15) is 0 Å². The molecule has 5 nitrogen and oxygen atoms in total. The third kappa shape index (κ3) is 1.66. The van der Waals surface area contributed by atoms with Gasteiger partial charge in [-0.3, -0.25) is 5.84 Å². The number of nitrogens with zero attached hydrogens (tertiary/aromatic N) is 2. The Bertz CT molecular complexity index is 308. The van der Waals surface area contributed by atoms with Gasteiger partial charge in [0.2, 0.25) is 0 Å². The average Bonchev–Trinajstić information content (AvgIpc) is 2.13. The molecule has 0 aromatic carbocycles. The van der Waals surface area contributed by atoms with Crippen LogP contribution in [0.1, 0.15) is 25.1 Å². The highest BCUT2D eigenvalue weighted by atomic mass is 79.9. The van der Waals surface area contributed by atoms with Crippen molar-refractivity contribution in [2.24, 2.45) is 0 Å². The number of halogens is 1. The molecule has 0 radical (unpaired) electrons. The Kier molecular flexibility index (Phi) is 2.78. The average molecular weight is 259 g/mol. The lowest BCUT2D eigenvalue weighted by Crippen LogP contribution is -2.75. The van der Waals surface area contributed by atoms with Crippen LogP contribution in [0.4, 0.5) is 0 Å². The van der Waals surface area contributed by atoms with E-state index in [0.717, 1.165) is 23.1 Å². The standard InChI is InChI=1S/C8H12BrN5/c9-6-4-11-7(12-5-6)8(13-14-10)2-1-3-8/h4-5,13-14H,1-3,10H2/p+1. The Morgan fingerprint density at radius 3 is 2.43 bits per heavy atom.